The molecule has 4 unspecified atom stereocenters. The number of nitrogens with zero attached hydrogens (tertiary/aromatic N) is 2. The van der Waals surface area contributed by atoms with Crippen molar-refractivity contribution in [2.75, 3.05) is 6.54 Å². The molecule has 10 heteroatoms. The van der Waals surface area contributed by atoms with Crippen molar-refractivity contribution in [2.24, 2.45) is 11.8 Å². The molecule has 0 bridgehead atoms. The zero-order valence-corrected chi connectivity index (χ0v) is 22.2. The average Bonchev–Trinajstić information content (AvgIpc) is 3.45. The fourth-order valence-electron chi connectivity index (χ4n) is 6.36. The highest BCUT2D eigenvalue weighted by Crippen LogP contribution is 2.50. The number of likely N-dealkylation sites (tertiary alicyclic amines) is 1. The summed E-state index contributed by atoms with van der Waals surface area (Å²) in [5.41, 5.74) is -1.53. The molecule has 214 valence electrons. The highest BCUT2D eigenvalue weighted by molar-refractivity contribution is 6.09. The topological polar surface area (TPSA) is 99.6 Å². The normalized spacial score (nSPS) is 23.9. The molecular formula is C32H26F3N3O4. The van der Waals surface area contributed by atoms with E-state index in [0.717, 1.165) is 27.8 Å². The third kappa shape index (κ3) is 4.71. The quantitative estimate of drug-likeness (QED) is 0.308. The van der Waals surface area contributed by atoms with E-state index in [9.17, 15) is 32.7 Å². The molecule has 2 amide bonds. The van der Waals surface area contributed by atoms with E-state index in [2.05, 4.69) is 10.3 Å². The molecule has 0 aliphatic carbocycles. The Morgan fingerprint density at radius 2 is 1.69 bits per heavy atom. The lowest BCUT2D eigenvalue weighted by Crippen LogP contribution is -2.57. The van der Waals surface area contributed by atoms with Crippen LogP contribution in [0.2, 0.25) is 0 Å². The minimum atomic E-state index is -4.65. The van der Waals surface area contributed by atoms with E-state index in [-0.39, 0.29) is 24.9 Å². The lowest BCUT2D eigenvalue weighted by Gasteiger charge is -2.31. The highest BCUT2D eigenvalue weighted by atomic mass is 19.4. The van der Waals surface area contributed by atoms with Crippen LogP contribution in [0.5, 0.6) is 0 Å². The molecule has 1 aromatic heterocycles. The number of halogens is 3. The Morgan fingerprint density at radius 1 is 0.929 bits per heavy atom. The lowest BCUT2D eigenvalue weighted by molar-refractivity contribution is -0.151. The molecular weight excluding hydrogens is 547 g/mol. The Balaban J connectivity index is 1.43. The first kappa shape index (κ1) is 27.6. The van der Waals surface area contributed by atoms with Crippen molar-refractivity contribution >= 4 is 28.6 Å². The molecule has 2 aliphatic rings. The van der Waals surface area contributed by atoms with E-state index in [1.54, 1.807) is 30.5 Å². The minimum Gasteiger partial charge on any atom is -0.480 e. The number of carbonyl (C=O) groups is 3. The number of rotatable bonds is 7. The average molecular weight is 574 g/mol. The van der Waals surface area contributed by atoms with Crippen molar-refractivity contribution in [3.8, 4) is 0 Å². The molecule has 0 spiro atoms. The number of imide groups is 1. The van der Waals surface area contributed by atoms with Gasteiger partial charge >= 0.3 is 12.1 Å². The van der Waals surface area contributed by atoms with Gasteiger partial charge in [-0.25, -0.2) is 0 Å². The lowest BCUT2D eigenvalue weighted by atomic mass is 9.76. The van der Waals surface area contributed by atoms with Crippen LogP contribution < -0.4 is 5.32 Å². The van der Waals surface area contributed by atoms with Crippen LogP contribution in [0.15, 0.2) is 91.1 Å². The van der Waals surface area contributed by atoms with Crippen molar-refractivity contribution in [1.29, 1.82) is 0 Å². The van der Waals surface area contributed by atoms with Gasteiger partial charge in [-0.15, -0.1) is 0 Å². The molecule has 0 saturated carbocycles. The predicted molar refractivity (Wildman–Crippen MR) is 147 cm³/mol. The monoisotopic (exact) mass is 573 g/mol. The number of benzene rings is 3. The molecule has 2 N–H and O–H groups in total. The number of carbonyl (C=O) groups excluding carboxylic acids is 2. The predicted octanol–water partition coefficient (Wildman–Crippen LogP) is 4.81. The van der Waals surface area contributed by atoms with Crippen LogP contribution in [0.1, 0.15) is 28.4 Å². The van der Waals surface area contributed by atoms with Crippen molar-refractivity contribution in [2.45, 2.75) is 30.6 Å². The van der Waals surface area contributed by atoms with Crippen LogP contribution in [-0.4, -0.2) is 44.9 Å². The number of carboxylic acids is 1. The number of fused-ring (bicyclic) bond motifs is 2. The molecule has 4 atom stereocenters. The third-order valence-corrected chi connectivity index (χ3v) is 8.31. The Hall–Kier alpha value is -4.57. The van der Waals surface area contributed by atoms with Gasteiger partial charge in [-0.3, -0.25) is 29.6 Å². The Morgan fingerprint density at radius 3 is 2.40 bits per heavy atom. The van der Waals surface area contributed by atoms with Gasteiger partial charge in [-0.1, -0.05) is 60.7 Å². The van der Waals surface area contributed by atoms with E-state index in [1.165, 1.54) is 12.1 Å². The van der Waals surface area contributed by atoms with Crippen molar-refractivity contribution in [3.05, 3.63) is 114 Å². The van der Waals surface area contributed by atoms with Crippen LogP contribution in [0, 0.1) is 11.8 Å². The molecule has 3 aromatic carbocycles. The number of pyridine rings is 1. The minimum absolute atomic E-state index is 0.0251. The van der Waals surface area contributed by atoms with Gasteiger partial charge in [0.1, 0.15) is 5.54 Å². The van der Waals surface area contributed by atoms with Gasteiger partial charge in [-0.2, -0.15) is 13.2 Å². The molecule has 4 aromatic rings. The number of hydrogen-bond acceptors (Lipinski definition) is 5. The maximum atomic E-state index is 13.9. The van der Waals surface area contributed by atoms with Gasteiger partial charge in [-0.05, 0) is 46.2 Å². The highest BCUT2D eigenvalue weighted by Gasteiger charge is 2.68. The fraction of sp³-hybridized carbons (Fsp3) is 0.250. The summed E-state index contributed by atoms with van der Waals surface area (Å²) in [6.45, 7) is -0.0251. The first-order valence-electron chi connectivity index (χ1n) is 13.5. The summed E-state index contributed by atoms with van der Waals surface area (Å²) >= 11 is 0. The van der Waals surface area contributed by atoms with Gasteiger partial charge in [0.05, 0.1) is 17.4 Å². The zero-order valence-electron chi connectivity index (χ0n) is 22.2. The van der Waals surface area contributed by atoms with Crippen LogP contribution in [0.4, 0.5) is 13.2 Å². The Kier molecular flexibility index (Phi) is 6.81. The summed E-state index contributed by atoms with van der Waals surface area (Å²) in [5.74, 6) is -5.17. The largest absolute Gasteiger partial charge is 0.480 e. The summed E-state index contributed by atoms with van der Waals surface area (Å²) in [6.07, 6.45) is -2.96. The SMILES string of the molecule is O=C1C2C(c3cccc(C(F)(F)F)c3)NC(Cc3ccc4ccccc4c3)(C(=O)O)C2C(=O)N1CCc1ccccn1. The van der Waals surface area contributed by atoms with Gasteiger partial charge in [0, 0.05) is 37.3 Å². The fourth-order valence-corrected chi connectivity index (χ4v) is 6.36. The van der Waals surface area contributed by atoms with Crippen LogP contribution in [0.3, 0.4) is 0 Å². The molecule has 6 rings (SSSR count). The molecule has 0 radical (unpaired) electrons. The standard InChI is InChI=1S/C32H26F3N3O4/c33-32(34,35)23-9-5-8-22(17-23)27-25-26(29(40)38(28(25)39)15-13-24-10-3-4-14-36-24)31(37-27,30(41)42)18-19-11-12-20-6-1-2-7-21(20)16-19/h1-12,14,16-17,25-27,37H,13,15,18H2,(H,41,42). The smallest absolute Gasteiger partial charge is 0.416 e. The molecule has 2 saturated heterocycles. The molecule has 3 heterocycles. The summed E-state index contributed by atoms with van der Waals surface area (Å²) in [5, 5.41) is 15.5. The van der Waals surface area contributed by atoms with Crippen molar-refractivity contribution in [3.63, 3.8) is 0 Å². The number of amides is 2. The Bertz CT molecular complexity index is 1690. The first-order chi connectivity index (χ1) is 20.1. The molecule has 2 fully saturated rings. The van der Waals surface area contributed by atoms with E-state index in [4.69, 9.17) is 0 Å². The molecule has 42 heavy (non-hydrogen) atoms. The third-order valence-electron chi connectivity index (χ3n) is 8.31. The summed E-state index contributed by atoms with van der Waals surface area (Å²) in [6, 6.07) is 21.6. The van der Waals surface area contributed by atoms with E-state index in [0.29, 0.717) is 11.3 Å². The van der Waals surface area contributed by atoms with Crippen LogP contribution >= 0.6 is 0 Å². The molecule has 2 aliphatic heterocycles. The molecule has 7 nitrogen and oxygen atoms in total. The second-order valence-corrected chi connectivity index (χ2v) is 10.8. The summed E-state index contributed by atoms with van der Waals surface area (Å²) < 4.78 is 40.9. The van der Waals surface area contributed by atoms with Gasteiger partial charge < -0.3 is 5.11 Å². The number of aliphatic carboxylic acids is 1. The number of hydrogen-bond donors (Lipinski definition) is 2. The maximum absolute atomic E-state index is 13.9. The van der Waals surface area contributed by atoms with E-state index in [1.807, 2.05) is 36.4 Å². The van der Waals surface area contributed by atoms with Crippen molar-refractivity contribution in [1.82, 2.24) is 15.2 Å². The van der Waals surface area contributed by atoms with Gasteiger partial charge in [0.25, 0.3) is 0 Å². The van der Waals surface area contributed by atoms with Gasteiger partial charge in [0.2, 0.25) is 11.8 Å². The van der Waals surface area contributed by atoms with Gasteiger partial charge in [0.15, 0.2) is 0 Å². The number of nitrogens with one attached hydrogen (secondary N) is 1. The summed E-state index contributed by atoms with van der Waals surface area (Å²) in [4.78, 5) is 46.2. The van der Waals surface area contributed by atoms with E-state index < -0.39 is 52.9 Å². The van der Waals surface area contributed by atoms with Crippen molar-refractivity contribution < 1.29 is 32.7 Å². The second kappa shape index (κ2) is 10.4. The number of alkyl halides is 3. The first-order valence-corrected chi connectivity index (χ1v) is 13.5. The Labute approximate surface area is 239 Å². The second-order valence-electron chi connectivity index (χ2n) is 10.8. The maximum Gasteiger partial charge on any atom is 0.416 e. The van der Waals surface area contributed by atoms with Crippen LogP contribution in [0.25, 0.3) is 10.8 Å². The zero-order chi connectivity index (χ0) is 29.6. The number of aromatic nitrogens is 1. The van der Waals surface area contributed by atoms with E-state index >= 15 is 0 Å². The van der Waals surface area contributed by atoms with Crippen LogP contribution in [-0.2, 0) is 33.4 Å². The number of carboxylic acid groups (broad SMARTS) is 1. The summed E-state index contributed by atoms with van der Waals surface area (Å²) in [7, 11) is 0.